The lowest BCUT2D eigenvalue weighted by molar-refractivity contribution is 0.0483. The van der Waals surface area contributed by atoms with Crippen LogP contribution in [0.4, 0.5) is 4.79 Å². The van der Waals surface area contributed by atoms with Crippen molar-refractivity contribution < 1.29 is 9.53 Å². The van der Waals surface area contributed by atoms with Crippen molar-refractivity contribution in [2.75, 3.05) is 13.1 Å². The topological polar surface area (TPSA) is 50.4 Å². The maximum absolute atomic E-state index is 11.8. The molecule has 4 heteroatoms. The Hall–Kier alpha value is -0.770. The molecule has 0 aromatic heterocycles. The van der Waals surface area contributed by atoms with Crippen LogP contribution < -0.4 is 10.6 Å². The largest absolute Gasteiger partial charge is 0.444 e. The van der Waals surface area contributed by atoms with Gasteiger partial charge in [0.15, 0.2) is 0 Å². The highest BCUT2D eigenvalue weighted by Crippen LogP contribution is 2.60. The Kier molecular flexibility index (Phi) is 4.62. The van der Waals surface area contributed by atoms with E-state index in [4.69, 9.17) is 4.74 Å². The quantitative estimate of drug-likeness (QED) is 0.833. The minimum Gasteiger partial charge on any atom is -0.444 e. The molecule has 0 aromatic rings. The molecular formula is C16H30N2O2. The van der Waals surface area contributed by atoms with E-state index in [1.807, 2.05) is 20.8 Å². The summed E-state index contributed by atoms with van der Waals surface area (Å²) in [6.07, 6.45) is 5.81. The van der Waals surface area contributed by atoms with E-state index in [0.717, 1.165) is 25.3 Å². The maximum Gasteiger partial charge on any atom is 0.407 e. The zero-order chi connectivity index (χ0) is 14.8. The first-order valence-corrected chi connectivity index (χ1v) is 8.05. The lowest BCUT2D eigenvalue weighted by Crippen LogP contribution is -2.41. The predicted octanol–water partition coefficient (Wildman–Crippen LogP) is 3.07. The van der Waals surface area contributed by atoms with Crippen LogP contribution in [-0.2, 0) is 4.74 Å². The van der Waals surface area contributed by atoms with E-state index in [1.165, 1.54) is 25.8 Å². The zero-order valence-electron chi connectivity index (χ0n) is 13.4. The Morgan fingerprint density at radius 3 is 2.50 bits per heavy atom. The van der Waals surface area contributed by atoms with Crippen molar-refractivity contribution in [2.24, 2.45) is 11.3 Å². The number of alkyl carbamates (subject to hydrolysis) is 1. The van der Waals surface area contributed by atoms with E-state index in [1.54, 1.807) is 0 Å². The maximum atomic E-state index is 11.8. The number of hydrogen-bond acceptors (Lipinski definition) is 3. The van der Waals surface area contributed by atoms with E-state index in [2.05, 4.69) is 17.6 Å². The van der Waals surface area contributed by atoms with Crippen LogP contribution in [0.5, 0.6) is 0 Å². The van der Waals surface area contributed by atoms with Crippen molar-refractivity contribution in [3.63, 3.8) is 0 Å². The Morgan fingerprint density at radius 1 is 1.30 bits per heavy atom. The third-order valence-electron chi connectivity index (χ3n) is 4.70. The average molecular weight is 282 g/mol. The molecule has 0 aliphatic heterocycles. The molecule has 20 heavy (non-hydrogen) atoms. The van der Waals surface area contributed by atoms with Crippen LogP contribution in [0.15, 0.2) is 0 Å². The van der Waals surface area contributed by atoms with Gasteiger partial charge in [0.25, 0.3) is 0 Å². The first-order chi connectivity index (χ1) is 9.35. The summed E-state index contributed by atoms with van der Waals surface area (Å²) in [6, 6.07) is 0.302. The summed E-state index contributed by atoms with van der Waals surface area (Å²) in [5.74, 6) is 0.866. The smallest absolute Gasteiger partial charge is 0.407 e. The fraction of sp³-hybridized carbons (Fsp3) is 0.938. The van der Waals surface area contributed by atoms with Crippen molar-refractivity contribution >= 4 is 6.09 Å². The molecule has 0 aromatic carbocycles. The van der Waals surface area contributed by atoms with Gasteiger partial charge in [0.1, 0.15) is 5.60 Å². The molecule has 0 heterocycles. The van der Waals surface area contributed by atoms with Crippen LogP contribution in [0.1, 0.15) is 59.8 Å². The normalized spacial score (nSPS) is 33.0. The minimum absolute atomic E-state index is 0.265. The van der Waals surface area contributed by atoms with Crippen LogP contribution >= 0.6 is 0 Å². The summed E-state index contributed by atoms with van der Waals surface area (Å²) in [5, 5.41) is 6.48. The lowest BCUT2D eigenvalue weighted by atomic mass is 9.81. The summed E-state index contributed by atoms with van der Waals surface area (Å²) < 4.78 is 5.32. The molecule has 1 spiro atoms. The van der Waals surface area contributed by atoms with Gasteiger partial charge < -0.3 is 15.4 Å². The van der Waals surface area contributed by atoms with Gasteiger partial charge in [-0.3, -0.25) is 0 Å². The van der Waals surface area contributed by atoms with Gasteiger partial charge in [-0.1, -0.05) is 6.92 Å². The standard InChI is InChI=1S/C16H30N2O2/c1-5-17-11-12-10-16(12)8-6-13(7-9-16)18-14(19)20-15(2,3)4/h12-13,17H,5-11H2,1-4H3,(H,18,19). The van der Waals surface area contributed by atoms with Crippen LogP contribution in [0.3, 0.4) is 0 Å². The number of carbonyl (C=O) groups is 1. The summed E-state index contributed by atoms with van der Waals surface area (Å²) in [5.41, 5.74) is 0.182. The number of amides is 1. The van der Waals surface area contributed by atoms with Crippen LogP contribution in [0.25, 0.3) is 0 Å². The highest BCUT2D eigenvalue weighted by molar-refractivity contribution is 5.68. The lowest BCUT2D eigenvalue weighted by Gasteiger charge is -2.31. The number of ether oxygens (including phenoxy) is 1. The van der Waals surface area contributed by atoms with Gasteiger partial charge in [0, 0.05) is 6.04 Å². The number of carbonyl (C=O) groups excluding carboxylic acids is 1. The molecule has 0 bridgehead atoms. The van der Waals surface area contributed by atoms with Crippen molar-refractivity contribution in [1.82, 2.24) is 10.6 Å². The summed E-state index contributed by atoms with van der Waals surface area (Å²) in [4.78, 5) is 11.8. The second-order valence-electron chi connectivity index (χ2n) is 7.49. The molecule has 1 amide bonds. The van der Waals surface area contributed by atoms with Crippen molar-refractivity contribution in [1.29, 1.82) is 0 Å². The fourth-order valence-corrected chi connectivity index (χ4v) is 3.46. The first-order valence-electron chi connectivity index (χ1n) is 8.05. The van der Waals surface area contributed by atoms with Gasteiger partial charge in [0.2, 0.25) is 0 Å². The summed E-state index contributed by atoms with van der Waals surface area (Å²) >= 11 is 0. The zero-order valence-corrected chi connectivity index (χ0v) is 13.4. The fourth-order valence-electron chi connectivity index (χ4n) is 3.46. The summed E-state index contributed by atoms with van der Waals surface area (Å²) in [7, 11) is 0. The molecular weight excluding hydrogens is 252 g/mol. The Labute approximate surface area is 123 Å². The van der Waals surface area contributed by atoms with Gasteiger partial charge in [0.05, 0.1) is 0 Å². The molecule has 0 radical (unpaired) electrons. The molecule has 2 aliphatic rings. The molecule has 1 atom stereocenters. The molecule has 2 fully saturated rings. The van der Waals surface area contributed by atoms with Crippen LogP contribution in [-0.4, -0.2) is 30.8 Å². The second kappa shape index (κ2) is 5.92. The van der Waals surface area contributed by atoms with Crippen molar-refractivity contribution in [2.45, 2.75) is 71.4 Å². The van der Waals surface area contributed by atoms with Gasteiger partial charge in [-0.25, -0.2) is 4.79 Å². The third-order valence-corrected chi connectivity index (χ3v) is 4.70. The Bertz CT molecular complexity index is 341. The van der Waals surface area contributed by atoms with E-state index < -0.39 is 5.60 Å². The third kappa shape index (κ3) is 4.11. The van der Waals surface area contributed by atoms with Crippen LogP contribution in [0.2, 0.25) is 0 Å². The number of nitrogens with one attached hydrogen (secondary N) is 2. The Morgan fingerprint density at radius 2 is 1.95 bits per heavy atom. The highest BCUT2D eigenvalue weighted by atomic mass is 16.6. The Balaban J connectivity index is 1.69. The highest BCUT2D eigenvalue weighted by Gasteiger charge is 2.54. The molecule has 2 saturated carbocycles. The summed E-state index contributed by atoms with van der Waals surface area (Å²) in [6.45, 7) is 10.1. The number of rotatable bonds is 4. The van der Waals surface area contributed by atoms with Crippen molar-refractivity contribution in [3.05, 3.63) is 0 Å². The van der Waals surface area contributed by atoms with Crippen molar-refractivity contribution in [3.8, 4) is 0 Å². The molecule has 2 aliphatic carbocycles. The van der Waals surface area contributed by atoms with Gasteiger partial charge in [-0.2, -0.15) is 0 Å². The average Bonchev–Trinajstić information content (AvgIpc) is 3.01. The van der Waals surface area contributed by atoms with Crippen LogP contribution in [0, 0.1) is 11.3 Å². The van der Waals surface area contributed by atoms with E-state index in [9.17, 15) is 4.79 Å². The van der Waals surface area contributed by atoms with E-state index in [-0.39, 0.29) is 6.09 Å². The SMILES string of the molecule is CCNCC1CC12CCC(NC(=O)OC(C)(C)C)CC2. The first kappa shape index (κ1) is 15.6. The van der Waals surface area contributed by atoms with E-state index >= 15 is 0 Å². The van der Waals surface area contributed by atoms with Gasteiger partial charge >= 0.3 is 6.09 Å². The van der Waals surface area contributed by atoms with Gasteiger partial charge in [-0.05, 0) is 77.3 Å². The molecule has 0 saturated heterocycles. The molecule has 2 N–H and O–H groups in total. The monoisotopic (exact) mass is 282 g/mol. The minimum atomic E-state index is -0.409. The molecule has 2 rings (SSSR count). The predicted molar refractivity (Wildman–Crippen MR) is 80.7 cm³/mol. The second-order valence-corrected chi connectivity index (χ2v) is 7.49. The van der Waals surface area contributed by atoms with E-state index in [0.29, 0.717) is 11.5 Å². The van der Waals surface area contributed by atoms with Gasteiger partial charge in [-0.15, -0.1) is 0 Å². The molecule has 116 valence electrons. The number of hydrogen-bond donors (Lipinski definition) is 2. The molecule has 4 nitrogen and oxygen atoms in total. The molecule has 1 unspecified atom stereocenters.